The Morgan fingerprint density at radius 2 is 1.90 bits per heavy atom. The Labute approximate surface area is 125 Å². The minimum atomic E-state index is -0.129. The average Bonchev–Trinajstić information content (AvgIpc) is 2.80. The van der Waals surface area contributed by atoms with Crippen LogP contribution in [0.1, 0.15) is 22.4 Å². The number of aromatic nitrogens is 2. The molecule has 0 aliphatic carbocycles. The molecule has 0 radical (unpaired) electrons. The van der Waals surface area contributed by atoms with Crippen LogP contribution in [-0.2, 0) is 17.8 Å². The number of imidazole rings is 1. The maximum atomic E-state index is 13.6. The molecule has 2 aromatic rings. The molecular formula is C16H22FN3O. The van der Waals surface area contributed by atoms with Crippen molar-refractivity contribution in [1.29, 1.82) is 0 Å². The molecule has 0 amide bonds. The van der Waals surface area contributed by atoms with Gasteiger partial charge in [0.05, 0.1) is 12.3 Å². The number of nitrogens with zero attached hydrogens (tertiary/aromatic N) is 2. The Hall–Kier alpha value is -1.88. The zero-order valence-corrected chi connectivity index (χ0v) is 13.0. The number of ether oxygens (including phenoxy) is 1. The van der Waals surface area contributed by atoms with Crippen molar-refractivity contribution in [2.24, 2.45) is 0 Å². The second kappa shape index (κ2) is 6.72. The van der Waals surface area contributed by atoms with E-state index in [4.69, 9.17) is 4.74 Å². The molecule has 1 aromatic carbocycles. The summed E-state index contributed by atoms with van der Waals surface area (Å²) in [4.78, 5) is 4.46. The van der Waals surface area contributed by atoms with Crippen LogP contribution in [0.25, 0.3) is 0 Å². The summed E-state index contributed by atoms with van der Waals surface area (Å²) >= 11 is 0. The van der Waals surface area contributed by atoms with E-state index in [9.17, 15) is 4.39 Å². The van der Waals surface area contributed by atoms with Crippen LogP contribution < -0.4 is 5.32 Å². The van der Waals surface area contributed by atoms with E-state index >= 15 is 0 Å². The summed E-state index contributed by atoms with van der Waals surface area (Å²) in [7, 11) is 1.68. The van der Waals surface area contributed by atoms with Gasteiger partial charge in [-0.1, -0.05) is 12.1 Å². The molecule has 4 nitrogen and oxygen atoms in total. The van der Waals surface area contributed by atoms with Crippen molar-refractivity contribution in [3.63, 3.8) is 0 Å². The molecule has 0 aliphatic rings. The van der Waals surface area contributed by atoms with E-state index in [0.717, 1.165) is 23.8 Å². The van der Waals surface area contributed by atoms with E-state index in [0.29, 0.717) is 24.3 Å². The van der Waals surface area contributed by atoms with Crippen LogP contribution in [0.4, 0.5) is 10.3 Å². The van der Waals surface area contributed by atoms with Crippen molar-refractivity contribution >= 4 is 5.95 Å². The highest BCUT2D eigenvalue weighted by molar-refractivity contribution is 5.35. The van der Waals surface area contributed by atoms with Gasteiger partial charge in [0, 0.05) is 26.4 Å². The smallest absolute Gasteiger partial charge is 0.203 e. The van der Waals surface area contributed by atoms with Crippen LogP contribution in [0, 0.1) is 26.6 Å². The Bertz CT molecular complexity index is 599. The van der Waals surface area contributed by atoms with Gasteiger partial charge >= 0.3 is 0 Å². The summed E-state index contributed by atoms with van der Waals surface area (Å²) in [5, 5.41) is 3.31. The normalized spacial score (nSPS) is 10.9. The van der Waals surface area contributed by atoms with E-state index in [1.165, 1.54) is 0 Å². The number of anilines is 1. The number of benzene rings is 1. The number of hydrogen-bond acceptors (Lipinski definition) is 3. The van der Waals surface area contributed by atoms with Crippen molar-refractivity contribution in [2.75, 3.05) is 19.0 Å². The Balaban J connectivity index is 2.09. The molecule has 2 rings (SSSR count). The number of hydrogen-bond donors (Lipinski definition) is 1. The van der Waals surface area contributed by atoms with Crippen LogP contribution >= 0.6 is 0 Å². The third-order valence-electron chi connectivity index (χ3n) is 3.38. The van der Waals surface area contributed by atoms with Gasteiger partial charge in [0.15, 0.2) is 0 Å². The van der Waals surface area contributed by atoms with Gasteiger partial charge < -0.3 is 14.6 Å². The van der Waals surface area contributed by atoms with E-state index in [1.54, 1.807) is 21.0 Å². The van der Waals surface area contributed by atoms with Crippen LogP contribution in [-0.4, -0.2) is 23.3 Å². The molecule has 0 fully saturated rings. The van der Waals surface area contributed by atoms with E-state index in [2.05, 4.69) is 10.3 Å². The molecule has 1 N–H and O–H groups in total. The summed E-state index contributed by atoms with van der Waals surface area (Å²) in [5.74, 6) is 0.681. The lowest BCUT2D eigenvalue weighted by Gasteiger charge is -2.11. The fourth-order valence-corrected chi connectivity index (χ4v) is 2.37. The molecule has 0 unspecified atom stereocenters. The second-order valence-electron chi connectivity index (χ2n) is 5.29. The highest BCUT2D eigenvalue weighted by Crippen LogP contribution is 2.16. The molecule has 1 aromatic heterocycles. The highest BCUT2D eigenvalue weighted by Gasteiger charge is 2.07. The lowest BCUT2D eigenvalue weighted by molar-refractivity contribution is 0.187. The minimum absolute atomic E-state index is 0.129. The molecule has 0 aliphatic heterocycles. The second-order valence-corrected chi connectivity index (χ2v) is 5.29. The van der Waals surface area contributed by atoms with Crippen molar-refractivity contribution in [2.45, 2.75) is 33.9 Å². The number of halogens is 1. The number of rotatable bonds is 6. The maximum absolute atomic E-state index is 13.6. The first kappa shape index (κ1) is 15.5. The van der Waals surface area contributed by atoms with Crippen molar-refractivity contribution in [3.8, 4) is 0 Å². The van der Waals surface area contributed by atoms with Crippen LogP contribution in [0.5, 0.6) is 0 Å². The largest absolute Gasteiger partial charge is 0.383 e. The minimum Gasteiger partial charge on any atom is -0.383 e. The molecule has 0 saturated carbocycles. The Morgan fingerprint density at radius 1 is 1.24 bits per heavy atom. The third kappa shape index (κ3) is 3.82. The Kier molecular flexibility index (Phi) is 4.96. The van der Waals surface area contributed by atoms with Gasteiger partial charge in [-0.3, -0.25) is 0 Å². The van der Waals surface area contributed by atoms with Crippen LogP contribution in [0.2, 0.25) is 0 Å². The molecule has 21 heavy (non-hydrogen) atoms. The molecular weight excluding hydrogens is 269 g/mol. The SMILES string of the molecule is COCCn1cc(C)nc1NCc1cc(C)c(F)c(C)c1. The molecule has 0 atom stereocenters. The lowest BCUT2D eigenvalue weighted by atomic mass is 10.1. The highest BCUT2D eigenvalue weighted by atomic mass is 19.1. The molecule has 114 valence electrons. The fourth-order valence-electron chi connectivity index (χ4n) is 2.37. The molecule has 0 saturated heterocycles. The molecule has 0 spiro atoms. The molecule has 5 heteroatoms. The van der Waals surface area contributed by atoms with E-state index in [-0.39, 0.29) is 5.82 Å². The van der Waals surface area contributed by atoms with Crippen molar-refractivity contribution in [3.05, 3.63) is 46.5 Å². The third-order valence-corrected chi connectivity index (χ3v) is 3.38. The zero-order valence-electron chi connectivity index (χ0n) is 13.0. The number of aryl methyl sites for hydroxylation is 3. The Morgan fingerprint density at radius 3 is 2.52 bits per heavy atom. The summed E-state index contributed by atoms with van der Waals surface area (Å²) in [5.41, 5.74) is 3.35. The van der Waals surface area contributed by atoms with Crippen molar-refractivity contribution < 1.29 is 9.13 Å². The van der Waals surface area contributed by atoms with Gasteiger partial charge in [-0.15, -0.1) is 0 Å². The molecule has 0 bridgehead atoms. The number of methoxy groups -OCH3 is 1. The van der Waals surface area contributed by atoms with Crippen LogP contribution in [0.3, 0.4) is 0 Å². The maximum Gasteiger partial charge on any atom is 0.203 e. The van der Waals surface area contributed by atoms with E-state index < -0.39 is 0 Å². The first-order valence-corrected chi connectivity index (χ1v) is 7.03. The van der Waals surface area contributed by atoms with Gasteiger partial charge in [0.1, 0.15) is 5.82 Å². The van der Waals surface area contributed by atoms with Crippen molar-refractivity contribution in [1.82, 2.24) is 9.55 Å². The predicted molar refractivity (Wildman–Crippen MR) is 82.0 cm³/mol. The summed E-state index contributed by atoms with van der Waals surface area (Å²) in [6.07, 6.45) is 1.99. The van der Waals surface area contributed by atoms with E-state index in [1.807, 2.05) is 29.8 Å². The quantitative estimate of drug-likeness (QED) is 0.888. The van der Waals surface area contributed by atoms with Gasteiger partial charge in [0.25, 0.3) is 0 Å². The lowest BCUT2D eigenvalue weighted by Crippen LogP contribution is -2.10. The fraction of sp³-hybridized carbons (Fsp3) is 0.438. The van der Waals surface area contributed by atoms with Gasteiger partial charge in [-0.05, 0) is 37.5 Å². The average molecular weight is 291 g/mol. The first-order valence-electron chi connectivity index (χ1n) is 7.03. The van der Waals surface area contributed by atoms with Gasteiger partial charge in [-0.2, -0.15) is 0 Å². The first-order chi connectivity index (χ1) is 10.0. The summed E-state index contributed by atoms with van der Waals surface area (Å²) in [6.45, 7) is 7.54. The summed E-state index contributed by atoms with van der Waals surface area (Å²) < 4.78 is 20.8. The number of nitrogens with one attached hydrogen (secondary N) is 1. The summed E-state index contributed by atoms with van der Waals surface area (Å²) in [6, 6.07) is 3.73. The zero-order chi connectivity index (χ0) is 15.4. The topological polar surface area (TPSA) is 39.1 Å². The van der Waals surface area contributed by atoms with Crippen LogP contribution in [0.15, 0.2) is 18.3 Å². The van der Waals surface area contributed by atoms with Gasteiger partial charge in [-0.25, -0.2) is 9.37 Å². The monoisotopic (exact) mass is 291 g/mol. The molecule has 1 heterocycles. The van der Waals surface area contributed by atoms with Gasteiger partial charge in [0.2, 0.25) is 5.95 Å². The standard InChI is InChI=1S/C16H22FN3O/c1-11-7-14(8-12(2)15(11)17)9-18-16-19-13(3)10-20(16)5-6-21-4/h7-8,10H,5-6,9H2,1-4H3,(H,18,19). The predicted octanol–water partition coefficient (Wildman–Crippen LogP) is 3.21.